The summed E-state index contributed by atoms with van der Waals surface area (Å²) in [5, 5.41) is 14.0. The number of fused-ring (bicyclic) bond motifs is 3. The Hall–Kier alpha value is -1.74. The fourth-order valence-electron chi connectivity index (χ4n) is 4.82. The standard InChI is InChI=1S/C20H24N6OS2/c27-19-17-14-7-3-4-8-15(14)29-18(17)21-20(25(19)12-5-1-2-6-12)28-11-16-22-23-24-26(16)13-9-10-13/h12-13H,1-11H2. The van der Waals surface area contributed by atoms with Crippen LogP contribution in [0.2, 0.25) is 0 Å². The van der Waals surface area contributed by atoms with Crippen molar-refractivity contribution < 1.29 is 0 Å². The summed E-state index contributed by atoms with van der Waals surface area (Å²) >= 11 is 3.36. The number of nitrogens with zero attached hydrogens (tertiary/aromatic N) is 6. The minimum Gasteiger partial charge on any atom is -0.284 e. The molecular formula is C20H24N6OS2. The maximum atomic E-state index is 13.7. The van der Waals surface area contributed by atoms with E-state index in [1.807, 2.05) is 9.25 Å². The SMILES string of the molecule is O=c1c2c3c(sc2nc(SCc2nnnn2C2CC2)n1C1CCCC1)CCCC3. The second kappa shape index (κ2) is 7.19. The lowest BCUT2D eigenvalue weighted by Gasteiger charge is -2.18. The largest absolute Gasteiger partial charge is 0.284 e. The molecule has 3 aliphatic carbocycles. The molecule has 0 radical (unpaired) electrons. The molecular weight excluding hydrogens is 404 g/mol. The number of hydrogen-bond donors (Lipinski definition) is 0. The van der Waals surface area contributed by atoms with Crippen LogP contribution in [0.4, 0.5) is 0 Å². The van der Waals surface area contributed by atoms with Gasteiger partial charge in [-0.15, -0.1) is 16.4 Å². The first kappa shape index (κ1) is 18.1. The Morgan fingerprint density at radius 3 is 2.69 bits per heavy atom. The molecule has 0 bridgehead atoms. The van der Waals surface area contributed by atoms with Gasteiger partial charge in [-0.25, -0.2) is 9.67 Å². The van der Waals surface area contributed by atoms with Gasteiger partial charge in [-0.3, -0.25) is 9.36 Å². The Kier molecular flexibility index (Phi) is 4.48. The molecule has 152 valence electrons. The van der Waals surface area contributed by atoms with Crippen LogP contribution < -0.4 is 5.56 Å². The van der Waals surface area contributed by atoms with Crippen LogP contribution in [-0.2, 0) is 18.6 Å². The monoisotopic (exact) mass is 428 g/mol. The molecule has 29 heavy (non-hydrogen) atoms. The summed E-state index contributed by atoms with van der Waals surface area (Å²) in [6.45, 7) is 0. The number of rotatable bonds is 5. The van der Waals surface area contributed by atoms with E-state index in [0.29, 0.717) is 11.8 Å². The normalized spacial score (nSPS) is 19.9. The minimum absolute atomic E-state index is 0.186. The predicted octanol–water partition coefficient (Wildman–Crippen LogP) is 4.07. The van der Waals surface area contributed by atoms with Crippen LogP contribution in [0.15, 0.2) is 9.95 Å². The highest BCUT2D eigenvalue weighted by molar-refractivity contribution is 7.98. The fraction of sp³-hybridized carbons (Fsp3) is 0.650. The summed E-state index contributed by atoms with van der Waals surface area (Å²) in [4.78, 5) is 21.0. The Morgan fingerprint density at radius 2 is 1.86 bits per heavy atom. The van der Waals surface area contributed by atoms with E-state index in [4.69, 9.17) is 4.98 Å². The topological polar surface area (TPSA) is 78.5 Å². The summed E-state index contributed by atoms with van der Waals surface area (Å²) in [5.41, 5.74) is 1.47. The van der Waals surface area contributed by atoms with Crippen LogP contribution >= 0.6 is 23.1 Å². The number of thiophene rings is 1. The second-order valence-corrected chi connectivity index (χ2v) is 10.5. The van der Waals surface area contributed by atoms with Gasteiger partial charge in [0, 0.05) is 10.9 Å². The molecule has 3 heterocycles. The molecule has 9 heteroatoms. The summed E-state index contributed by atoms with van der Waals surface area (Å²) < 4.78 is 3.97. The molecule has 2 saturated carbocycles. The number of thioether (sulfide) groups is 1. The highest BCUT2D eigenvalue weighted by Gasteiger charge is 2.29. The molecule has 3 aromatic rings. The van der Waals surface area contributed by atoms with E-state index in [1.54, 1.807) is 23.1 Å². The van der Waals surface area contributed by atoms with Crippen LogP contribution in [-0.4, -0.2) is 29.8 Å². The van der Waals surface area contributed by atoms with E-state index in [9.17, 15) is 4.79 Å². The van der Waals surface area contributed by atoms with Gasteiger partial charge in [-0.1, -0.05) is 24.6 Å². The number of tetrazole rings is 1. The molecule has 6 rings (SSSR count). The highest BCUT2D eigenvalue weighted by Crippen LogP contribution is 2.39. The first-order chi connectivity index (χ1) is 14.3. The molecule has 0 unspecified atom stereocenters. The summed E-state index contributed by atoms with van der Waals surface area (Å²) in [7, 11) is 0. The third-order valence-electron chi connectivity index (χ3n) is 6.46. The molecule has 0 atom stereocenters. The maximum Gasteiger partial charge on any atom is 0.263 e. The maximum absolute atomic E-state index is 13.7. The predicted molar refractivity (Wildman–Crippen MR) is 114 cm³/mol. The zero-order valence-electron chi connectivity index (χ0n) is 16.3. The lowest BCUT2D eigenvalue weighted by molar-refractivity contribution is 0.457. The van der Waals surface area contributed by atoms with Gasteiger partial charge < -0.3 is 0 Å². The van der Waals surface area contributed by atoms with Crippen molar-refractivity contribution in [2.75, 3.05) is 0 Å². The minimum atomic E-state index is 0.186. The van der Waals surface area contributed by atoms with Crippen molar-refractivity contribution in [1.29, 1.82) is 0 Å². The molecule has 0 saturated heterocycles. The van der Waals surface area contributed by atoms with Gasteiger partial charge >= 0.3 is 0 Å². The smallest absolute Gasteiger partial charge is 0.263 e. The molecule has 3 aromatic heterocycles. The number of aromatic nitrogens is 6. The van der Waals surface area contributed by atoms with Crippen LogP contribution in [0.3, 0.4) is 0 Å². The average molecular weight is 429 g/mol. The van der Waals surface area contributed by atoms with Gasteiger partial charge in [0.25, 0.3) is 5.56 Å². The number of aryl methyl sites for hydroxylation is 2. The molecule has 0 aliphatic heterocycles. The van der Waals surface area contributed by atoms with E-state index in [0.717, 1.165) is 59.7 Å². The van der Waals surface area contributed by atoms with Crippen LogP contribution in [0.5, 0.6) is 0 Å². The van der Waals surface area contributed by atoms with Gasteiger partial charge in [-0.05, 0) is 67.4 Å². The van der Waals surface area contributed by atoms with Gasteiger partial charge in [0.2, 0.25) is 0 Å². The molecule has 0 N–H and O–H groups in total. The van der Waals surface area contributed by atoms with Crippen LogP contribution in [0.25, 0.3) is 10.2 Å². The molecule has 7 nitrogen and oxygen atoms in total. The highest BCUT2D eigenvalue weighted by atomic mass is 32.2. The van der Waals surface area contributed by atoms with Gasteiger partial charge in [0.05, 0.1) is 17.2 Å². The fourth-order valence-corrected chi connectivity index (χ4v) is 7.11. The first-order valence-electron chi connectivity index (χ1n) is 10.8. The molecule has 0 aromatic carbocycles. The Morgan fingerprint density at radius 1 is 1.03 bits per heavy atom. The van der Waals surface area contributed by atoms with Crippen LogP contribution in [0.1, 0.15) is 79.7 Å². The van der Waals surface area contributed by atoms with Crippen LogP contribution in [0, 0.1) is 0 Å². The molecule has 3 aliphatic rings. The van der Waals surface area contributed by atoms with E-state index >= 15 is 0 Å². The molecule has 2 fully saturated rings. The zero-order valence-corrected chi connectivity index (χ0v) is 18.0. The number of hydrogen-bond acceptors (Lipinski definition) is 7. The van der Waals surface area contributed by atoms with E-state index in [1.165, 1.54) is 36.1 Å². The quantitative estimate of drug-likeness (QED) is 0.450. The van der Waals surface area contributed by atoms with E-state index < -0.39 is 0 Å². The molecule has 0 amide bonds. The van der Waals surface area contributed by atoms with Crippen molar-refractivity contribution in [3.8, 4) is 0 Å². The lowest BCUT2D eigenvalue weighted by atomic mass is 9.97. The summed E-state index contributed by atoms with van der Waals surface area (Å²) in [6.07, 6.45) is 11.4. The van der Waals surface area contributed by atoms with Gasteiger partial charge in [0.15, 0.2) is 11.0 Å². The Labute approximate surface area is 176 Å². The second-order valence-electron chi connectivity index (χ2n) is 8.46. The van der Waals surface area contributed by atoms with Crippen molar-refractivity contribution in [1.82, 2.24) is 29.8 Å². The van der Waals surface area contributed by atoms with Gasteiger partial charge in [-0.2, -0.15) is 0 Å². The van der Waals surface area contributed by atoms with E-state index in [2.05, 4.69) is 15.5 Å². The average Bonchev–Trinajstić information content (AvgIpc) is 3.13. The Balaban J connectivity index is 1.43. The van der Waals surface area contributed by atoms with Crippen molar-refractivity contribution in [2.45, 2.75) is 87.2 Å². The summed E-state index contributed by atoms with van der Waals surface area (Å²) in [5.74, 6) is 1.54. The lowest BCUT2D eigenvalue weighted by Crippen LogP contribution is -2.26. The van der Waals surface area contributed by atoms with Crippen molar-refractivity contribution >= 4 is 33.3 Å². The zero-order chi connectivity index (χ0) is 19.4. The third-order valence-corrected chi connectivity index (χ3v) is 8.60. The first-order valence-corrected chi connectivity index (χ1v) is 12.6. The summed E-state index contributed by atoms with van der Waals surface area (Å²) in [6, 6.07) is 0.734. The Bertz CT molecular complexity index is 1120. The van der Waals surface area contributed by atoms with Crippen molar-refractivity contribution in [2.24, 2.45) is 0 Å². The van der Waals surface area contributed by atoms with E-state index in [-0.39, 0.29) is 11.6 Å². The van der Waals surface area contributed by atoms with Crippen molar-refractivity contribution in [3.05, 3.63) is 26.6 Å². The van der Waals surface area contributed by atoms with Gasteiger partial charge in [0.1, 0.15) is 4.83 Å². The third kappa shape index (κ3) is 3.13. The molecule has 0 spiro atoms. The van der Waals surface area contributed by atoms with Crippen molar-refractivity contribution in [3.63, 3.8) is 0 Å².